The molecule has 5 heteroatoms. The summed E-state index contributed by atoms with van der Waals surface area (Å²) in [6.07, 6.45) is -0.840. The van der Waals surface area contributed by atoms with Crippen LogP contribution in [0.4, 0.5) is 13.2 Å². The molecule has 0 unspecified atom stereocenters. The zero-order valence-electron chi connectivity index (χ0n) is 15.0. The molecule has 0 aliphatic rings. The lowest BCUT2D eigenvalue weighted by molar-refractivity contribution is -0.137. The molecule has 1 aromatic heterocycles. The van der Waals surface area contributed by atoms with E-state index in [-0.39, 0.29) is 0 Å². The first-order chi connectivity index (χ1) is 13.4. The van der Waals surface area contributed by atoms with Crippen LogP contribution < -0.4 is 0 Å². The Balaban J connectivity index is 1.55. The van der Waals surface area contributed by atoms with Crippen LogP contribution in [-0.2, 0) is 6.18 Å². The van der Waals surface area contributed by atoms with Crippen LogP contribution in [0.25, 0.3) is 32.9 Å². The van der Waals surface area contributed by atoms with Gasteiger partial charge in [-0.25, -0.2) is 4.98 Å². The van der Waals surface area contributed by atoms with Crippen molar-refractivity contribution in [3.8, 4) is 10.6 Å². The third-order valence-electron chi connectivity index (χ3n) is 4.38. The molecule has 4 rings (SSSR count). The highest BCUT2D eigenvalue weighted by Crippen LogP contribution is 2.31. The SMILES string of the molecule is Cc1ccc2nc(-c3ccc(/C=C/c4cccc(C(F)(F)F)c4)cc3)sc2c1. The summed E-state index contributed by atoms with van der Waals surface area (Å²) >= 11 is 1.65. The fraction of sp³-hybridized carbons (Fsp3) is 0.0870. The van der Waals surface area contributed by atoms with E-state index < -0.39 is 11.7 Å². The second-order valence-electron chi connectivity index (χ2n) is 6.57. The summed E-state index contributed by atoms with van der Waals surface area (Å²) in [7, 11) is 0. The Hall–Kier alpha value is -2.92. The Morgan fingerprint density at radius 2 is 1.61 bits per heavy atom. The molecule has 140 valence electrons. The van der Waals surface area contributed by atoms with E-state index in [0.717, 1.165) is 38.5 Å². The summed E-state index contributed by atoms with van der Waals surface area (Å²) in [6, 6.07) is 19.3. The predicted molar refractivity (Wildman–Crippen MR) is 110 cm³/mol. The Morgan fingerprint density at radius 1 is 0.857 bits per heavy atom. The Bertz CT molecular complexity index is 1150. The van der Waals surface area contributed by atoms with Crippen molar-refractivity contribution in [1.82, 2.24) is 4.98 Å². The summed E-state index contributed by atoms with van der Waals surface area (Å²) in [5.74, 6) is 0. The molecule has 0 amide bonds. The van der Waals surface area contributed by atoms with Crippen LogP contribution in [-0.4, -0.2) is 4.98 Å². The number of hydrogen-bond donors (Lipinski definition) is 0. The first kappa shape index (κ1) is 18.4. The summed E-state index contributed by atoms with van der Waals surface area (Å²) in [4.78, 5) is 4.67. The molecule has 1 nitrogen and oxygen atoms in total. The molecular formula is C23H16F3NS. The first-order valence-electron chi connectivity index (χ1n) is 8.71. The van der Waals surface area contributed by atoms with E-state index in [1.807, 2.05) is 36.4 Å². The third-order valence-corrected chi connectivity index (χ3v) is 5.45. The van der Waals surface area contributed by atoms with E-state index in [1.165, 1.54) is 11.6 Å². The molecule has 28 heavy (non-hydrogen) atoms. The summed E-state index contributed by atoms with van der Waals surface area (Å²) in [5.41, 5.74) is 4.00. The summed E-state index contributed by atoms with van der Waals surface area (Å²) in [6.45, 7) is 2.06. The van der Waals surface area contributed by atoms with Crippen LogP contribution in [0.5, 0.6) is 0 Å². The van der Waals surface area contributed by atoms with Crippen LogP contribution in [0.1, 0.15) is 22.3 Å². The maximum atomic E-state index is 12.8. The average molecular weight is 395 g/mol. The van der Waals surface area contributed by atoms with Gasteiger partial charge in [0.25, 0.3) is 0 Å². The third kappa shape index (κ3) is 3.99. The molecule has 0 N–H and O–H groups in total. The number of hydrogen-bond acceptors (Lipinski definition) is 2. The molecular weight excluding hydrogens is 379 g/mol. The van der Waals surface area contributed by atoms with Crippen molar-refractivity contribution in [2.24, 2.45) is 0 Å². The lowest BCUT2D eigenvalue weighted by Gasteiger charge is -2.06. The number of nitrogens with zero attached hydrogens (tertiary/aromatic N) is 1. The van der Waals surface area contributed by atoms with Crippen molar-refractivity contribution in [1.29, 1.82) is 0 Å². The monoisotopic (exact) mass is 395 g/mol. The van der Waals surface area contributed by atoms with E-state index in [4.69, 9.17) is 0 Å². The highest BCUT2D eigenvalue weighted by molar-refractivity contribution is 7.21. The molecule has 0 saturated heterocycles. The molecule has 0 atom stereocenters. The van der Waals surface area contributed by atoms with Crippen LogP contribution in [0.2, 0.25) is 0 Å². The number of aryl methyl sites for hydroxylation is 1. The maximum absolute atomic E-state index is 12.8. The van der Waals surface area contributed by atoms with Crippen LogP contribution in [0.15, 0.2) is 66.7 Å². The molecule has 0 aliphatic carbocycles. The number of fused-ring (bicyclic) bond motifs is 1. The van der Waals surface area contributed by atoms with E-state index >= 15 is 0 Å². The van der Waals surface area contributed by atoms with Gasteiger partial charge >= 0.3 is 6.18 Å². The van der Waals surface area contributed by atoms with Gasteiger partial charge in [0.2, 0.25) is 0 Å². The van der Waals surface area contributed by atoms with Gasteiger partial charge in [0.05, 0.1) is 15.8 Å². The van der Waals surface area contributed by atoms with Gasteiger partial charge < -0.3 is 0 Å². The minimum atomic E-state index is -4.33. The largest absolute Gasteiger partial charge is 0.416 e. The molecule has 0 saturated carbocycles. The van der Waals surface area contributed by atoms with Gasteiger partial charge in [0.15, 0.2) is 0 Å². The number of alkyl halides is 3. The molecule has 0 bridgehead atoms. The quantitative estimate of drug-likeness (QED) is 0.328. The highest BCUT2D eigenvalue weighted by Gasteiger charge is 2.30. The fourth-order valence-corrected chi connectivity index (χ4v) is 3.97. The molecule has 4 aromatic rings. The van der Waals surface area contributed by atoms with Gasteiger partial charge in [-0.2, -0.15) is 13.2 Å². The summed E-state index contributed by atoms with van der Waals surface area (Å²) in [5, 5.41) is 0.953. The normalized spacial score (nSPS) is 12.1. The number of thiazole rings is 1. The van der Waals surface area contributed by atoms with E-state index in [1.54, 1.807) is 29.6 Å². The maximum Gasteiger partial charge on any atom is 0.416 e. The van der Waals surface area contributed by atoms with Crippen molar-refractivity contribution in [3.63, 3.8) is 0 Å². The average Bonchev–Trinajstić information content (AvgIpc) is 3.09. The molecule has 0 spiro atoms. The molecule has 3 aromatic carbocycles. The van der Waals surface area contributed by atoms with Gasteiger partial charge in [-0.1, -0.05) is 54.6 Å². The Morgan fingerprint density at radius 3 is 2.36 bits per heavy atom. The van der Waals surface area contributed by atoms with Gasteiger partial charge in [-0.05, 0) is 47.9 Å². The van der Waals surface area contributed by atoms with Crippen LogP contribution >= 0.6 is 11.3 Å². The van der Waals surface area contributed by atoms with Crippen molar-refractivity contribution >= 4 is 33.7 Å². The Kier molecular flexibility index (Phi) is 4.77. The number of halogens is 3. The number of benzene rings is 3. The second-order valence-corrected chi connectivity index (χ2v) is 7.60. The first-order valence-corrected chi connectivity index (χ1v) is 9.53. The van der Waals surface area contributed by atoms with Gasteiger partial charge in [-0.15, -0.1) is 11.3 Å². The zero-order chi connectivity index (χ0) is 19.7. The lowest BCUT2D eigenvalue weighted by Crippen LogP contribution is -2.04. The van der Waals surface area contributed by atoms with Gasteiger partial charge in [-0.3, -0.25) is 0 Å². The number of rotatable bonds is 3. The predicted octanol–water partition coefficient (Wildman–Crippen LogP) is 7.46. The van der Waals surface area contributed by atoms with E-state index in [0.29, 0.717) is 5.56 Å². The Labute approximate surface area is 164 Å². The van der Waals surface area contributed by atoms with Crippen molar-refractivity contribution in [3.05, 3.63) is 89.0 Å². The lowest BCUT2D eigenvalue weighted by atomic mass is 10.1. The van der Waals surface area contributed by atoms with Gasteiger partial charge in [0, 0.05) is 5.56 Å². The summed E-state index contributed by atoms with van der Waals surface area (Å²) < 4.78 is 39.6. The second kappa shape index (κ2) is 7.24. The zero-order valence-corrected chi connectivity index (χ0v) is 15.8. The molecule has 0 radical (unpaired) electrons. The van der Waals surface area contributed by atoms with Crippen molar-refractivity contribution < 1.29 is 13.2 Å². The van der Waals surface area contributed by atoms with E-state index in [9.17, 15) is 13.2 Å². The fourth-order valence-electron chi connectivity index (χ4n) is 2.90. The highest BCUT2D eigenvalue weighted by atomic mass is 32.1. The van der Waals surface area contributed by atoms with Crippen molar-refractivity contribution in [2.75, 3.05) is 0 Å². The van der Waals surface area contributed by atoms with Gasteiger partial charge in [0.1, 0.15) is 5.01 Å². The topological polar surface area (TPSA) is 12.9 Å². The smallest absolute Gasteiger partial charge is 0.236 e. The minimum Gasteiger partial charge on any atom is -0.236 e. The van der Waals surface area contributed by atoms with Crippen molar-refractivity contribution in [2.45, 2.75) is 13.1 Å². The molecule has 0 aliphatic heterocycles. The number of aromatic nitrogens is 1. The minimum absolute atomic E-state index is 0.514. The van der Waals surface area contributed by atoms with Crippen LogP contribution in [0, 0.1) is 6.92 Å². The standard InChI is InChI=1S/C23H16F3NS/c1-15-5-12-20-21(13-15)28-22(27-20)18-10-8-16(9-11-18)6-7-17-3-2-4-19(14-17)23(24,25)26/h2-14H,1H3/b7-6+. The van der Waals surface area contributed by atoms with E-state index in [2.05, 4.69) is 18.0 Å². The molecule has 0 fully saturated rings. The van der Waals surface area contributed by atoms with Crippen LogP contribution in [0.3, 0.4) is 0 Å². The molecule has 1 heterocycles.